The summed E-state index contributed by atoms with van der Waals surface area (Å²) in [5.41, 5.74) is 0.871. The van der Waals surface area contributed by atoms with Crippen molar-refractivity contribution in [3.63, 3.8) is 0 Å². The fraction of sp³-hybridized carbons (Fsp3) is 0.542. The highest BCUT2D eigenvalue weighted by Gasteiger charge is 2.46. The molecule has 1 aliphatic heterocycles. The number of fused-ring (bicyclic) bond motifs is 1. The quantitative estimate of drug-likeness (QED) is 0.592. The van der Waals surface area contributed by atoms with Crippen LogP contribution in [0.1, 0.15) is 48.0 Å². The number of amides is 1. The lowest BCUT2D eigenvalue weighted by atomic mass is 9.93. The van der Waals surface area contributed by atoms with Gasteiger partial charge < -0.3 is 25.4 Å². The molecule has 174 valence electrons. The molecule has 8 nitrogen and oxygen atoms in total. The number of aromatic nitrogens is 2. The highest BCUT2D eigenvalue weighted by Crippen LogP contribution is 2.45. The zero-order chi connectivity index (χ0) is 22.9. The van der Waals surface area contributed by atoms with Crippen molar-refractivity contribution < 1.29 is 19.0 Å². The van der Waals surface area contributed by atoms with E-state index in [4.69, 9.17) is 4.74 Å². The third-order valence-electron chi connectivity index (χ3n) is 6.82. The Labute approximate surface area is 192 Å². The van der Waals surface area contributed by atoms with Crippen LogP contribution in [0.2, 0.25) is 0 Å². The van der Waals surface area contributed by atoms with Crippen LogP contribution in [-0.4, -0.2) is 53.3 Å². The largest absolute Gasteiger partial charge is 0.486 e. The van der Waals surface area contributed by atoms with Gasteiger partial charge in [0.2, 0.25) is 11.7 Å². The van der Waals surface area contributed by atoms with Crippen LogP contribution in [0.15, 0.2) is 12.3 Å². The second-order valence-corrected chi connectivity index (χ2v) is 9.23. The zero-order valence-electron chi connectivity index (χ0n) is 18.6. The summed E-state index contributed by atoms with van der Waals surface area (Å²) in [5.74, 6) is 1.67. The number of piperidine rings is 1. The molecule has 1 aromatic carbocycles. The summed E-state index contributed by atoms with van der Waals surface area (Å²) in [6.45, 7) is 2.09. The summed E-state index contributed by atoms with van der Waals surface area (Å²) in [6.07, 6.45) is 5.38. The van der Waals surface area contributed by atoms with Crippen molar-refractivity contribution in [2.45, 2.75) is 50.8 Å². The normalized spacial score (nSPS) is 25.7. The maximum absolute atomic E-state index is 14.1. The average molecular weight is 454 g/mol. The van der Waals surface area contributed by atoms with Gasteiger partial charge in [0.1, 0.15) is 11.4 Å². The van der Waals surface area contributed by atoms with E-state index in [2.05, 4.69) is 37.6 Å². The molecule has 2 aromatic rings. The highest BCUT2D eigenvalue weighted by atomic mass is 19.1. The molecule has 1 saturated heterocycles. The number of halogens is 1. The van der Waals surface area contributed by atoms with Crippen molar-refractivity contribution in [2.24, 2.45) is 11.8 Å². The standard InChI is InChI=1S/C24H28FN5O3/c1-33-21-7-2-14(8-20(21)25)10-26-22-19(23(32)28-17-3-5-18(31)6-4-17)11-27-24(29-22)30-12-15-9-16(15)13-30/h8,11,15-18,31H,3-6,9-10,12-13H2,1H3,(H,28,32)(H,26,27,29). The first kappa shape index (κ1) is 21.7. The Morgan fingerprint density at radius 1 is 1.27 bits per heavy atom. The van der Waals surface area contributed by atoms with E-state index in [0.717, 1.165) is 37.8 Å². The molecule has 2 saturated carbocycles. The molecule has 33 heavy (non-hydrogen) atoms. The SMILES string of the molecule is COc1c#cc(CNc2nc(N3CC4CC4C3)ncc2C(=O)NC2CCC(O)CC2)cc1F. The second kappa shape index (κ2) is 9.02. The number of hydrogen-bond acceptors (Lipinski definition) is 7. The smallest absolute Gasteiger partial charge is 0.256 e. The summed E-state index contributed by atoms with van der Waals surface area (Å²) < 4.78 is 19.0. The molecular formula is C24H28FN5O3. The third kappa shape index (κ3) is 4.81. The van der Waals surface area contributed by atoms with Gasteiger partial charge in [-0.3, -0.25) is 4.79 Å². The molecule has 3 fully saturated rings. The minimum absolute atomic E-state index is 0.00772. The Bertz CT molecular complexity index is 1020. The van der Waals surface area contributed by atoms with Gasteiger partial charge in [-0.05, 0) is 56.1 Å². The molecule has 0 spiro atoms. The molecule has 2 heterocycles. The molecule has 3 aliphatic rings. The van der Waals surface area contributed by atoms with E-state index in [9.17, 15) is 14.3 Å². The molecule has 3 N–H and O–H groups in total. The van der Waals surface area contributed by atoms with Gasteiger partial charge in [-0.2, -0.15) is 4.98 Å². The summed E-state index contributed by atoms with van der Waals surface area (Å²) >= 11 is 0. The lowest BCUT2D eigenvalue weighted by molar-refractivity contribution is 0.0867. The fourth-order valence-corrected chi connectivity index (χ4v) is 4.74. The Kier molecular flexibility index (Phi) is 5.94. The van der Waals surface area contributed by atoms with Crippen LogP contribution >= 0.6 is 0 Å². The van der Waals surface area contributed by atoms with Crippen molar-refractivity contribution in [1.82, 2.24) is 15.3 Å². The summed E-state index contributed by atoms with van der Waals surface area (Å²) in [4.78, 5) is 24.4. The molecule has 9 heteroatoms. The second-order valence-electron chi connectivity index (χ2n) is 9.23. The monoisotopic (exact) mass is 453 g/mol. The lowest BCUT2D eigenvalue weighted by Gasteiger charge is -2.26. The first-order valence-electron chi connectivity index (χ1n) is 11.5. The molecule has 0 radical (unpaired) electrons. The topological polar surface area (TPSA) is 99.6 Å². The minimum atomic E-state index is -0.523. The zero-order valence-corrected chi connectivity index (χ0v) is 18.6. The first-order valence-corrected chi connectivity index (χ1v) is 11.5. The van der Waals surface area contributed by atoms with E-state index in [-0.39, 0.29) is 30.3 Å². The molecule has 2 unspecified atom stereocenters. The molecule has 0 bridgehead atoms. The van der Waals surface area contributed by atoms with Gasteiger partial charge in [-0.1, -0.05) is 6.07 Å². The maximum Gasteiger partial charge on any atom is 0.256 e. The van der Waals surface area contributed by atoms with Gasteiger partial charge in [-0.25, -0.2) is 9.37 Å². The van der Waals surface area contributed by atoms with Crippen LogP contribution in [0.3, 0.4) is 0 Å². The molecular weight excluding hydrogens is 425 g/mol. The van der Waals surface area contributed by atoms with Gasteiger partial charge in [0, 0.05) is 37.4 Å². The van der Waals surface area contributed by atoms with Gasteiger partial charge in [0.25, 0.3) is 5.91 Å². The predicted molar refractivity (Wildman–Crippen MR) is 120 cm³/mol. The van der Waals surface area contributed by atoms with Crippen molar-refractivity contribution in [1.29, 1.82) is 0 Å². The number of nitrogens with zero attached hydrogens (tertiary/aromatic N) is 3. The maximum atomic E-state index is 14.1. The minimum Gasteiger partial charge on any atom is -0.486 e. The van der Waals surface area contributed by atoms with E-state index < -0.39 is 5.82 Å². The van der Waals surface area contributed by atoms with Crippen LogP contribution in [0.4, 0.5) is 16.2 Å². The summed E-state index contributed by atoms with van der Waals surface area (Å²) in [7, 11) is 1.38. The number of carbonyl (C=O) groups is 1. The number of aliphatic hydroxyl groups excluding tert-OH is 1. The Balaban J connectivity index is 1.34. The Morgan fingerprint density at radius 3 is 2.73 bits per heavy atom. The molecule has 1 aromatic heterocycles. The Hall–Kier alpha value is -3.12. The third-order valence-corrected chi connectivity index (χ3v) is 6.82. The van der Waals surface area contributed by atoms with Gasteiger partial charge >= 0.3 is 0 Å². The highest BCUT2D eigenvalue weighted by molar-refractivity contribution is 5.98. The average Bonchev–Trinajstić information content (AvgIpc) is 3.43. The van der Waals surface area contributed by atoms with E-state index in [0.29, 0.717) is 35.7 Å². The van der Waals surface area contributed by atoms with E-state index in [1.54, 1.807) is 6.20 Å². The number of methoxy groups -OCH3 is 1. The number of aliphatic hydroxyl groups is 1. The number of nitrogens with one attached hydrogen (secondary N) is 2. The van der Waals surface area contributed by atoms with Crippen molar-refractivity contribution in [3.8, 4) is 5.75 Å². The van der Waals surface area contributed by atoms with Gasteiger partial charge in [-0.15, -0.1) is 0 Å². The van der Waals surface area contributed by atoms with E-state index >= 15 is 0 Å². The molecule has 2 atom stereocenters. The fourth-order valence-electron chi connectivity index (χ4n) is 4.74. The first-order chi connectivity index (χ1) is 16.0. The number of ether oxygens (including phenoxy) is 1. The number of rotatable bonds is 7. The number of anilines is 2. The molecule has 2 aliphatic carbocycles. The number of carbonyl (C=O) groups excluding carboxylic acids is 1. The predicted octanol–water partition coefficient (Wildman–Crippen LogP) is 2.33. The van der Waals surface area contributed by atoms with Crippen LogP contribution in [-0.2, 0) is 6.54 Å². The van der Waals surface area contributed by atoms with Crippen molar-refractivity contribution in [2.75, 3.05) is 30.4 Å². The number of hydrogen-bond donors (Lipinski definition) is 3. The summed E-state index contributed by atoms with van der Waals surface area (Å²) in [6, 6.07) is 6.85. The van der Waals surface area contributed by atoms with Crippen molar-refractivity contribution in [3.05, 3.63) is 41.3 Å². The van der Waals surface area contributed by atoms with Crippen LogP contribution < -0.4 is 20.3 Å². The Morgan fingerprint density at radius 2 is 2.03 bits per heavy atom. The van der Waals surface area contributed by atoms with Gasteiger partial charge in [0.15, 0.2) is 5.82 Å². The molecule has 5 rings (SSSR count). The van der Waals surface area contributed by atoms with Crippen LogP contribution in [0, 0.1) is 29.8 Å². The van der Waals surface area contributed by atoms with E-state index in [1.807, 2.05) is 0 Å². The van der Waals surface area contributed by atoms with Crippen molar-refractivity contribution >= 4 is 17.7 Å². The molecule has 1 amide bonds. The lowest BCUT2D eigenvalue weighted by Crippen LogP contribution is -2.39. The van der Waals surface area contributed by atoms with Gasteiger partial charge in [0.05, 0.1) is 13.2 Å². The summed E-state index contributed by atoms with van der Waals surface area (Å²) in [5, 5.41) is 15.9. The van der Waals surface area contributed by atoms with Crippen LogP contribution in [0.5, 0.6) is 5.75 Å². The van der Waals surface area contributed by atoms with E-state index in [1.165, 1.54) is 19.6 Å². The van der Waals surface area contributed by atoms with Crippen LogP contribution in [0.25, 0.3) is 0 Å².